The molecule has 21 heavy (non-hydrogen) atoms. The summed E-state index contributed by atoms with van der Waals surface area (Å²) in [5.74, 6) is 2.35. The number of hydrogen-bond donors (Lipinski definition) is 0. The molecular weight excluding hydrogens is 268 g/mol. The molecule has 2 aliphatic rings. The van der Waals surface area contributed by atoms with Crippen molar-refractivity contribution in [1.82, 2.24) is 24.5 Å². The Bertz CT molecular complexity index is 684. The van der Waals surface area contributed by atoms with Crippen LogP contribution in [-0.2, 0) is 4.79 Å². The lowest BCUT2D eigenvalue weighted by atomic mass is 10.2. The van der Waals surface area contributed by atoms with Gasteiger partial charge in [-0.15, -0.1) is 10.2 Å². The lowest BCUT2D eigenvalue weighted by molar-refractivity contribution is -0.132. The van der Waals surface area contributed by atoms with Crippen LogP contribution in [0.4, 0.5) is 5.82 Å². The SMILES string of the molecule is Cc1nnc2c(N3CCN(C(=O)C4CC4)CC3)nccn12. The summed E-state index contributed by atoms with van der Waals surface area (Å²) in [5.41, 5.74) is 0.789. The molecule has 0 atom stereocenters. The smallest absolute Gasteiger partial charge is 0.225 e. The van der Waals surface area contributed by atoms with E-state index in [0.717, 1.165) is 56.3 Å². The van der Waals surface area contributed by atoms with Crippen LogP contribution in [0.5, 0.6) is 0 Å². The third kappa shape index (κ3) is 2.12. The highest BCUT2D eigenvalue weighted by atomic mass is 16.2. The number of carbonyl (C=O) groups is 1. The number of carbonyl (C=O) groups excluding carboxylic acids is 1. The van der Waals surface area contributed by atoms with E-state index in [1.165, 1.54) is 0 Å². The normalized spacial score (nSPS) is 19.3. The van der Waals surface area contributed by atoms with Gasteiger partial charge in [-0.3, -0.25) is 9.20 Å². The molecule has 0 radical (unpaired) electrons. The molecule has 7 nitrogen and oxygen atoms in total. The Hall–Kier alpha value is -2.18. The molecule has 1 amide bonds. The minimum atomic E-state index is 0.303. The molecule has 3 heterocycles. The molecule has 1 aliphatic carbocycles. The molecule has 4 rings (SSSR count). The van der Waals surface area contributed by atoms with Crippen molar-refractivity contribution in [3.05, 3.63) is 18.2 Å². The van der Waals surface area contributed by atoms with Crippen molar-refractivity contribution in [2.75, 3.05) is 31.1 Å². The monoisotopic (exact) mass is 286 g/mol. The van der Waals surface area contributed by atoms with Crippen LogP contribution < -0.4 is 4.90 Å². The van der Waals surface area contributed by atoms with Gasteiger partial charge in [0.05, 0.1) is 0 Å². The van der Waals surface area contributed by atoms with Gasteiger partial charge < -0.3 is 9.80 Å². The summed E-state index contributed by atoms with van der Waals surface area (Å²) in [6.07, 6.45) is 5.79. The summed E-state index contributed by atoms with van der Waals surface area (Å²) < 4.78 is 1.95. The van der Waals surface area contributed by atoms with E-state index in [4.69, 9.17) is 0 Å². The average molecular weight is 286 g/mol. The molecule has 7 heteroatoms. The molecule has 110 valence electrons. The van der Waals surface area contributed by atoms with Crippen molar-refractivity contribution in [3.63, 3.8) is 0 Å². The molecule has 2 aromatic rings. The van der Waals surface area contributed by atoms with Gasteiger partial charge in [0.15, 0.2) is 5.82 Å². The molecule has 0 bridgehead atoms. The molecule has 2 fully saturated rings. The van der Waals surface area contributed by atoms with Gasteiger partial charge in [-0.2, -0.15) is 0 Å². The summed E-state index contributed by atoms with van der Waals surface area (Å²) in [4.78, 5) is 20.7. The fraction of sp³-hybridized carbons (Fsp3) is 0.571. The quantitative estimate of drug-likeness (QED) is 0.804. The highest BCUT2D eigenvalue weighted by Crippen LogP contribution is 2.31. The Balaban J connectivity index is 1.53. The van der Waals surface area contributed by atoms with Crippen LogP contribution >= 0.6 is 0 Å². The predicted octanol–water partition coefficient (Wildman–Crippen LogP) is 0.491. The number of rotatable bonds is 2. The number of aryl methyl sites for hydroxylation is 1. The Labute approximate surface area is 122 Å². The van der Waals surface area contributed by atoms with Crippen LogP contribution in [0, 0.1) is 12.8 Å². The largest absolute Gasteiger partial charge is 0.350 e. The molecule has 1 aliphatic heterocycles. The molecule has 0 aromatic carbocycles. The molecule has 0 N–H and O–H groups in total. The van der Waals surface area contributed by atoms with Crippen LogP contribution in [-0.4, -0.2) is 56.6 Å². The van der Waals surface area contributed by atoms with Crippen molar-refractivity contribution < 1.29 is 4.79 Å². The van der Waals surface area contributed by atoms with E-state index in [1.54, 1.807) is 6.20 Å². The van der Waals surface area contributed by atoms with Crippen molar-refractivity contribution in [2.24, 2.45) is 5.92 Å². The van der Waals surface area contributed by atoms with Gasteiger partial charge in [0, 0.05) is 44.5 Å². The maximum absolute atomic E-state index is 12.1. The number of nitrogens with zero attached hydrogens (tertiary/aromatic N) is 6. The van der Waals surface area contributed by atoms with Gasteiger partial charge in [-0.1, -0.05) is 0 Å². The van der Waals surface area contributed by atoms with Crippen molar-refractivity contribution >= 4 is 17.4 Å². The minimum Gasteiger partial charge on any atom is -0.350 e. The van der Waals surface area contributed by atoms with Crippen LogP contribution in [0.1, 0.15) is 18.7 Å². The van der Waals surface area contributed by atoms with E-state index >= 15 is 0 Å². The molecule has 0 unspecified atom stereocenters. The topological polar surface area (TPSA) is 66.6 Å². The van der Waals surface area contributed by atoms with Crippen LogP contribution in [0.15, 0.2) is 12.4 Å². The molecule has 1 saturated carbocycles. The Morgan fingerprint density at radius 3 is 2.67 bits per heavy atom. The number of amides is 1. The first kappa shape index (κ1) is 12.6. The first-order valence-electron chi connectivity index (χ1n) is 7.44. The number of aromatic nitrogens is 4. The number of anilines is 1. The molecule has 0 spiro atoms. The zero-order chi connectivity index (χ0) is 14.4. The van der Waals surface area contributed by atoms with Crippen LogP contribution in [0.25, 0.3) is 5.65 Å². The summed E-state index contributed by atoms with van der Waals surface area (Å²) in [5, 5.41) is 8.32. The van der Waals surface area contributed by atoms with Crippen LogP contribution in [0.3, 0.4) is 0 Å². The molecular formula is C14H18N6O. The van der Waals surface area contributed by atoms with Gasteiger partial charge in [-0.05, 0) is 19.8 Å². The van der Waals surface area contributed by atoms with Crippen molar-refractivity contribution in [2.45, 2.75) is 19.8 Å². The van der Waals surface area contributed by atoms with E-state index in [9.17, 15) is 4.79 Å². The average Bonchev–Trinajstić information content (AvgIpc) is 3.31. The minimum absolute atomic E-state index is 0.303. The zero-order valence-electron chi connectivity index (χ0n) is 12.1. The first-order chi connectivity index (χ1) is 10.2. The number of fused-ring (bicyclic) bond motifs is 1. The van der Waals surface area contributed by atoms with E-state index < -0.39 is 0 Å². The van der Waals surface area contributed by atoms with Gasteiger partial charge in [0.2, 0.25) is 11.6 Å². The highest BCUT2D eigenvalue weighted by Gasteiger charge is 2.35. The first-order valence-corrected chi connectivity index (χ1v) is 7.44. The molecule has 1 saturated heterocycles. The second kappa shape index (κ2) is 4.68. The van der Waals surface area contributed by atoms with E-state index in [2.05, 4.69) is 20.1 Å². The van der Waals surface area contributed by atoms with Crippen LogP contribution in [0.2, 0.25) is 0 Å². The van der Waals surface area contributed by atoms with Gasteiger partial charge in [0.1, 0.15) is 5.82 Å². The fourth-order valence-electron chi connectivity index (χ4n) is 2.88. The second-order valence-corrected chi connectivity index (χ2v) is 5.78. The Morgan fingerprint density at radius 2 is 1.95 bits per heavy atom. The third-order valence-electron chi connectivity index (χ3n) is 4.30. The number of piperazine rings is 1. The molecule has 2 aromatic heterocycles. The van der Waals surface area contributed by atoms with E-state index in [-0.39, 0.29) is 0 Å². The van der Waals surface area contributed by atoms with Gasteiger partial charge in [0.25, 0.3) is 0 Å². The maximum atomic E-state index is 12.1. The fourth-order valence-corrected chi connectivity index (χ4v) is 2.88. The van der Waals surface area contributed by atoms with E-state index in [1.807, 2.05) is 22.4 Å². The summed E-state index contributed by atoms with van der Waals surface area (Å²) in [6.45, 7) is 5.07. The lowest BCUT2D eigenvalue weighted by Crippen LogP contribution is -2.49. The summed E-state index contributed by atoms with van der Waals surface area (Å²) >= 11 is 0. The second-order valence-electron chi connectivity index (χ2n) is 5.78. The van der Waals surface area contributed by atoms with Gasteiger partial charge >= 0.3 is 0 Å². The number of hydrogen-bond acceptors (Lipinski definition) is 5. The Kier molecular flexibility index (Phi) is 2.80. The summed E-state index contributed by atoms with van der Waals surface area (Å²) in [6, 6.07) is 0. The zero-order valence-corrected chi connectivity index (χ0v) is 12.1. The highest BCUT2D eigenvalue weighted by molar-refractivity contribution is 5.81. The van der Waals surface area contributed by atoms with Crippen molar-refractivity contribution in [1.29, 1.82) is 0 Å². The standard InChI is InChI=1S/C14H18N6O/c1-10-16-17-13-12(15-4-5-20(10)13)18-6-8-19(9-7-18)14(21)11-2-3-11/h4-5,11H,2-3,6-9H2,1H3. The van der Waals surface area contributed by atoms with E-state index in [0.29, 0.717) is 11.8 Å². The van der Waals surface area contributed by atoms with Crippen molar-refractivity contribution in [3.8, 4) is 0 Å². The predicted molar refractivity (Wildman–Crippen MR) is 77.0 cm³/mol. The lowest BCUT2D eigenvalue weighted by Gasteiger charge is -2.35. The third-order valence-corrected chi connectivity index (χ3v) is 4.30. The maximum Gasteiger partial charge on any atom is 0.225 e. The Morgan fingerprint density at radius 1 is 1.19 bits per heavy atom. The summed E-state index contributed by atoms with van der Waals surface area (Å²) in [7, 11) is 0. The van der Waals surface area contributed by atoms with Gasteiger partial charge in [-0.25, -0.2) is 4.98 Å².